The van der Waals surface area contributed by atoms with Crippen LogP contribution in [-0.2, 0) is 0 Å². The van der Waals surface area contributed by atoms with Crippen LogP contribution in [0.5, 0.6) is 0 Å². The van der Waals surface area contributed by atoms with Crippen molar-refractivity contribution in [2.45, 2.75) is 90.4 Å². The van der Waals surface area contributed by atoms with Gasteiger partial charge in [0.1, 0.15) is 0 Å². The molecule has 1 aliphatic rings. The van der Waals surface area contributed by atoms with Crippen LogP contribution in [0, 0.1) is 11.8 Å². The summed E-state index contributed by atoms with van der Waals surface area (Å²) >= 11 is 0. The highest BCUT2D eigenvalue weighted by molar-refractivity contribution is 5.25. The predicted molar refractivity (Wildman–Crippen MR) is 105 cm³/mol. The Morgan fingerprint density at radius 1 is 1.16 bits per heavy atom. The monoisotopic (exact) mass is 350 g/mol. The van der Waals surface area contributed by atoms with Crippen molar-refractivity contribution in [3.05, 3.63) is 36.0 Å². The number of hydrogen-bond donors (Lipinski definition) is 3. The zero-order valence-electron chi connectivity index (χ0n) is 16.5. The van der Waals surface area contributed by atoms with E-state index in [0.29, 0.717) is 30.3 Å². The first kappa shape index (κ1) is 22.1. The van der Waals surface area contributed by atoms with E-state index in [1.165, 1.54) is 12.8 Å². The first-order chi connectivity index (χ1) is 11.6. The Balaban J connectivity index is 2.29. The molecule has 0 spiro atoms. The average Bonchev–Trinajstić information content (AvgIpc) is 2.47. The molecule has 0 amide bonds. The van der Waals surface area contributed by atoms with Crippen LogP contribution in [0.15, 0.2) is 36.0 Å². The highest BCUT2D eigenvalue weighted by Crippen LogP contribution is 2.27. The molecule has 0 bridgehead atoms. The summed E-state index contributed by atoms with van der Waals surface area (Å²) < 4.78 is 0. The zero-order valence-corrected chi connectivity index (χ0v) is 16.5. The minimum atomic E-state index is -0.618. The van der Waals surface area contributed by atoms with E-state index in [2.05, 4.69) is 32.6 Å². The van der Waals surface area contributed by atoms with Gasteiger partial charge in [0.25, 0.3) is 0 Å². The molecule has 0 aromatic heterocycles. The van der Waals surface area contributed by atoms with Gasteiger partial charge in [-0.05, 0) is 63.4 Å². The number of aliphatic hydroxyl groups excluding tert-OH is 2. The maximum absolute atomic E-state index is 9.84. The maximum atomic E-state index is 9.84. The Morgan fingerprint density at radius 2 is 1.76 bits per heavy atom. The van der Waals surface area contributed by atoms with Gasteiger partial charge < -0.3 is 15.3 Å². The molecular formula is C22H38O3. The second-order valence-electron chi connectivity index (χ2n) is 8.65. The van der Waals surface area contributed by atoms with E-state index < -0.39 is 17.8 Å². The second-order valence-corrected chi connectivity index (χ2v) is 8.65. The van der Waals surface area contributed by atoms with E-state index in [4.69, 9.17) is 0 Å². The Labute approximate surface area is 154 Å². The van der Waals surface area contributed by atoms with Crippen LogP contribution < -0.4 is 0 Å². The number of rotatable bonds is 9. The molecule has 0 saturated heterocycles. The van der Waals surface area contributed by atoms with E-state index in [-0.39, 0.29) is 0 Å². The van der Waals surface area contributed by atoms with Gasteiger partial charge in [0.15, 0.2) is 0 Å². The molecule has 0 aromatic rings. The maximum Gasteiger partial charge on any atom is 0.0809 e. The quantitative estimate of drug-likeness (QED) is 0.535. The molecule has 3 nitrogen and oxygen atoms in total. The van der Waals surface area contributed by atoms with Crippen LogP contribution in [0.2, 0.25) is 0 Å². The van der Waals surface area contributed by atoms with Gasteiger partial charge in [-0.2, -0.15) is 0 Å². The van der Waals surface area contributed by atoms with Crippen LogP contribution in [0.1, 0.15) is 72.6 Å². The minimum absolute atomic E-state index is 0.535. The molecule has 0 aromatic carbocycles. The topological polar surface area (TPSA) is 60.7 Å². The lowest BCUT2D eigenvalue weighted by molar-refractivity contribution is 0.0667. The molecule has 1 rings (SSSR count). The molecule has 3 N–H and O–H groups in total. The fourth-order valence-electron chi connectivity index (χ4n) is 3.50. The molecule has 25 heavy (non-hydrogen) atoms. The molecule has 1 fully saturated rings. The second kappa shape index (κ2) is 10.3. The molecule has 0 aliphatic heterocycles. The molecule has 1 aliphatic carbocycles. The summed E-state index contributed by atoms with van der Waals surface area (Å²) in [5.74, 6) is 1.31. The highest BCUT2D eigenvalue weighted by atomic mass is 16.3. The molecular weight excluding hydrogens is 312 g/mol. The van der Waals surface area contributed by atoms with E-state index in [9.17, 15) is 15.3 Å². The van der Waals surface area contributed by atoms with Crippen molar-refractivity contribution in [1.82, 2.24) is 0 Å². The Hall–Kier alpha value is -0.900. The van der Waals surface area contributed by atoms with Crippen molar-refractivity contribution in [2.24, 2.45) is 11.8 Å². The highest BCUT2D eigenvalue weighted by Gasteiger charge is 2.25. The Kier molecular flexibility index (Phi) is 9.12. The lowest BCUT2D eigenvalue weighted by atomic mass is 9.86. The molecule has 4 atom stereocenters. The third-order valence-corrected chi connectivity index (χ3v) is 5.06. The van der Waals surface area contributed by atoms with Gasteiger partial charge in [-0.3, -0.25) is 0 Å². The fraction of sp³-hybridized carbons (Fsp3) is 0.727. The van der Waals surface area contributed by atoms with Crippen molar-refractivity contribution in [3.63, 3.8) is 0 Å². The number of aliphatic hydroxyl groups is 3. The van der Waals surface area contributed by atoms with Gasteiger partial charge in [-0.1, -0.05) is 57.1 Å². The number of hydrogen-bond acceptors (Lipinski definition) is 3. The van der Waals surface area contributed by atoms with Crippen LogP contribution in [-0.4, -0.2) is 33.1 Å². The summed E-state index contributed by atoms with van der Waals surface area (Å²) in [6.07, 6.45) is 11.5. The summed E-state index contributed by atoms with van der Waals surface area (Å²) in [7, 11) is 0. The van der Waals surface area contributed by atoms with Gasteiger partial charge in [-0.15, -0.1) is 0 Å². The van der Waals surface area contributed by atoms with E-state index in [1.807, 2.05) is 19.9 Å². The third-order valence-electron chi connectivity index (χ3n) is 5.06. The van der Waals surface area contributed by atoms with E-state index in [0.717, 1.165) is 24.8 Å². The molecule has 3 heteroatoms. The normalized spacial score (nSPS) is 24.6. The molecule has 1 saturated carbocycles. The van der Waals surface area contributed by atoms with Crippen molar-refractivity contribution >= 4 is 0 Å². The third kappa shape index (κ3) is 9.39. The standard InChI is InChI=1S/C22H38O3/c1-16(13-17(2)10-8-12-22(4,5)25)9-6-7-11-19-14-20(23)18(3)21(24)15-19/h6-7,11,16-17,20-21,23-25H,3,8-10,12-15H2,1-2,4-5H3/b7-6+/t16-,17-,20+,21+/m0/s1. The Morgan fingerprint density at radius 3 is 2.32 bits per heavy atom. The molecule has 0 heterocycles. The molecule has 0 unspecified atom stereocenters. The summed E-state index contributed by atoms with van der Waals surface area (Å²) in [4.78, 5) is 0. The predicted octanol–water partition coefficient (Wildman–Crippen LogP) is 4.53. The largest absolute Gasteiger partial charge is 0.390 e. The van der Waals surface area contributed by atoms with Crippen LogP contribution in [0.3, 0.4) is 0 Å². The van der Waals surface area contributed by atoms with E-state index >= 15 is 0 Å². The van der Waals surface area contributed by atoms with Crippen LogP contribution in [0.4, 0.5) is 0 Å². The zero-order chi connectivity index (χ0) is 19.0. The molecule has 0 radical (unpaired) electrons. The first-order valence-electron chi connectivity index (χ1n) is 9.70. The smallest absolute Gasteiger partial charge is 0.0809 e. The summed E-state index contributed by atoms with van der Waals surface area (Å²) in [5.41, 5.74) is 1.07. The van der Waals surface area contributed by atoms with E-state index in [1.54, 1.807) is 0 Å². The van der Waals surface area contributed by atoms with Crippen molar-refractivity contribution in [1.29, 1.82) is 0 Å². The van der Waals surface area contributed by atoms with Gasteiger partial charge in [-0.25, -0.2) is 0 Å². The lowest BCUT2D eigenvalue weighted by Crippen LogP contribution is -2.27. The summed E-state index contributed by atoms with van der Waals surface area (Å²) in [6.45, 7) is 12.1. The van der Waals surface area contributed by atoms with Gasteiger partial charge in [0, 0.05) is 0 Å². The van der Waals surface area contributed by atoms with Gasteiger partial charge in [0.05, 0.1) is 17.8 Å². The van der Waals surface area contributed by atoms with Gasteiger partial charge in [0.2, 0.25) is 0 Å². The lowest BCUT2D eigenvalue weighted by Gasteiger charge is -2.27. The van der Waals surface area contributed by atoms with Crippen LogP contribution >= 0.6 is 0 Å². The minimum Gasteiger partial charge on any atom is -0.390 e. The van der Waals surface area contributed by atoms with Crippen molar-refractivity contribution < 1.29 is 15.3 Å². The summed E-state index contributed by atoms with van der Waals surface area (Å²) in [5, 5.41) is 29.4. The van der Waals surface area contributed by atoms with Gasteiger partial charge >= 0.3 is 0 Å². The summed E-state index contributed by atoms with van der Waals surface area (Å²) in [6, 6.07) is 0. The van der Waals surface area contributed by atoms with Crippen molar-refractivity contribution in [2.75, 3.05) is 0 Å². The average molecular weight is 351 g/mol. The Bertz CT molecular complexity index is 454. The van der Waals surface area contributed by atoms with Crippen molar-refractivity contribution in [3.8, 4) is 0 Å². The SMILES string of the molecule is C=C1[C@H](O)CC(=C/C=C/C[C@H](C)C[C@@H](C)CCCC(C)(C)O)C[C@H]1O. The first-order valence-corrected chi connectivity index (χ1v) is 9.70. The fourth-order valence-corrected chi connectivity index (χ4v) is 3.50. The van der Waals surface area contributed by atoms with Crippen LogP contribution in [0.25, 0.3) is 0 Å². The number of allylic oxidation sites excluding steroid dienone is 3. The molecule has 144 valence electrons.